The fourth-order valence-electron chi connectivity index (χ4n) is 1.94. The van der Waals surface area contributed by atoms with Gasteiger partial charge in [0.05, 0.1) is 11.5 Å². The molecule has 18 heavy (non-hydrogen) atoms. The van der Waals surface area contributed by atoms with E-state index in [9.17, 15) is 18.0 Å². The minimum Gasteiger partial charge on any atom is -0.344 e. The molecule has 0 bridgehead atoms. The number of sulfone groups is 1. The second kappa shape index (κ2) is 5.92. The van der Waals surface area contributed by atoms with Gasteiger partial charge in [-0.15, -0.1) is 0 Å². The Morgan fingerprint density at radius 3 is 2.50 bits per heavy atom. The molecule has 104 valence electrons. The molecule has 0 aromatic heterocycles. The first-order valence-corrected chi connectivity index (χ1v) is 8.07. The van der Waals surface area contributed by atoms with Crippen molar-refractivity contribution in [1.29, 1.82) is 0 Å². The molecule has 0 saturated carbocycles. The molecule has 1 rings (SSSR count). The van der Waals surface area contributed by atoms with Crippen molar-refractivity contribution in [2.75, 3.05) is 24.3 Å². The Morgan fingerprint density at radius 2 is 2.11 bits per heavy atom. The highest BCUT2D eigenvalue weighted by Gasteiger charge is 2.34. The van der Waals surface area contributed by atoms with Gasteiger partial charge in [0.15, 0.2) is 9.84 Å². The van der Waals surface area contributed by atoms with E-state index in [1.807, 2.05) is 0 Å². The maximum Gasteiger partial charge on any atom is 0.246 e. The van der Waals surface area contributed by atoms with Crippen molar-refractivity contribution in [3.63, 3.8) is 0 Å². The lowest BCUT2D eigenvalue weighted by Gasteiger charge is -2.27. The third kappa shape index (κ3) is 3.88. The van der Waals surface area contributed by atoms with Gasteiger partial charge in [0.25, 0.3) is 0 Å². The third-order valence-electron chi connectivity index (χ3n) is 2.96. The highest BCUT2D eigenvalue weighted by Crippen LogP contribution is 2.17. The zero-order valence-electron chi connectivity index (χ0n) is 10.4. The van der Waals surface area contributed by atoms with Gasteiger partial charge in [0.2, 0.25) is 11.8 Å². The summed E-state index contributed by atoms with van der Waals surface area (Å²) >= 11 is 4.02. The highest BCUT2D eigenvalue weighted by atomic mass is 32.2. The van der Waals surface area contributed by atoms with Crippen molar-refractivity contribution in [2.45, 2.75) is 25.4 Å². The number of amides is 2. The van der Waals surface area contributed by atoms with Crippen LogP contribution in [0, 0.1) is 0 Å². The molecule has 0 spiro atoms. The Balaban J connectivity index is 2.68. The van der Waals surface area contributed by atoms with E-state index in [-0.39, 0.29) is 35.1 Å². The third-order valence-corrected chi connectivity index (χ3v) is 5.08. The van der Waals surface area contributed by atoms with Gasteiger partial charge in [0, 0.05) is 25.8 Å². The topological polar surface area (TPSA) is 83.6 Å². The molecule has 0 radical (unpaired) electrons. The molecule has 0 aromatic rings. The van der Waals surface area contributed by atoms with Gasteiger partial charge in [0.1, 0.15) is 6.04 Å². The van der Waals surface area contributed by atoms with Crippen LogP contribution in [0.25, 0.3) is 0 Å². The van der Waals surface area contributed by atoms with Gasteiger partial charge in [-0.3, -0.25) is 9.59 Å². The molecule has 2 unspecified atom stereocenters. The summed E-state index contributed by atoms with van der Waals surface area (Å²) in [6.45, 7) is 1.32. The predicted molar refractivity (Wildman–Crippen MR) is 71.3 cm³/mol. The lowest BCUT2D eigenvalue weighted by molar-refractivity contribution is -0.135. The van der Waals surface area contributed by atoms with Crippen molar-refractivity contribution in [3.05, 3.63) is 0 Å². The molecule has 8 heteroatoms. The number of carbonyl (C=O) groups is 2. The van der Waals surface area contributed by atoms with E-state index in [2.05, 4.69) is 17.9 Å². The Hall–Kier alpha value is -0.760. The Morgan fingerprint density at radius 1 is 1.50 bits per heavy atom. The van der Waals surface area contributed by atoms with Gasteiger partial charge in [-0.1, -0.05) is 0 Å². The maximum atomic E-state index is 12.1. The first-order chi connectivity index (χ1) is 8.26. The molecule has 1 heterocycles. The molecule has 1 N–H and O–H groups in total. The van der Waals surface area contributed by atoms with Crippen LogP contribution in [0.4, 0.5) is 0 Å². The molecule has 1 aliphatic heterocycles. The Bertz CT molecular complexity index is 435. The molecular weight excluding hydrogens is 276 g/mol. The molecule has 0 aliphatic carbocycles. The van der Waals surface area contributed by atoms with Gasteiger partial charge < -0.3 is 10.2 Å². The molecular formula is C10H18N2O4S2. The lowest BCUT2D eigenvalue weighted by atomic mass is 10.2. The SMILES string of the molecule is CC(=O)NC(CS)C(=O)N(C)C1CCS(=O)(=O)C1. The average molecular weight is 294 g/mol. The second-order valence-corrected chi connectivity index (χ2v) is 7.04. The summed E-state index contributed by atoms with van der Waals surface area (Å²) in [6.07, 6.45) is 0.448. The van der Waals surface area contributed by atoms with E-state index < -0.39 is 15.9 Å². The summed E-state index contributed by atoms with van der Waals surface area (Å²) in [5, 5.41) is 2.50. The minimum absolute atomic E-state index is 0.00535. The van der Waals surface area contributed by atoms with Crippen LogP contribution in [0.5, 0.6) is 0 Å². The van der Waals surface area contributed by atoms with Crippen LogP contribution >= 0.6 is 12.6 Å². The molecule has 2 atom stereocenters. The van der Waals surface area contributed by atoms with Crippen molar-refractivity contribution in [3.8, 4) is 0 Å². The second-order valence-electron chi connectivity index (χ2n) is 4.44. The summed E-state index contributed by atoms with van der Waals surface area (Å²) in [4.78, 5) is 24.4. The molecule has 1 saturated heterocycles. The molecule has 2 amide bonds. The molecule has 0 aromatic carbocycles. The van der Waals surface area contributed by atoms with Crippen LogP contribution in [0.1, 0.15) is 13.3 Å². The van der Waals surface area contributed by atoms with Crippen LogP contribution in [-0.4, -0.2) is 61.5 Å². The number of likely N-dealkylation sites (N-methyl/N-ethyl adjacent to an activating group) is 1. The number of rotatable bonds is 4. The van der Waals surface area contributed by atoms with Crippen LogP contribution in [0.2, 0.25) is 0 Å². The number of hydrogen-bond donors (Lipinski definition) is 2. The van der Waals surface area contributed by atoms with E-state index in [1.54, 1.807) is 7.05 Å². The standard InChI is InChI=1S/C10H18N2O4S2/c1-7(13)11-9(5-17)10(14)12(2)8-3-4-18(15,16)6-8/h8-9,17H,3-6H2,1-2H3,(H,11,13). The predicted octanol–water partition coefficient (Wildman–Crippen LogP) is -0.934. The maximum absolute atomic E-state index is 12.1. The normalized spacial score (nSPS) is 23.4. The quantitative estimate of drug-likeness (QED) is 0.656. The van der Waals surface area contributed by atoms with Crippen LogP contribution in [0.15, 0.2) is 0 Å². The molecule has 1 aliphatic rings. The fourth-order valence-corrected chi connectivity index (χ4v) is 3.96. The van der Waals surface area contributed by atoms with Gasteiger partial charge in [-0.2, -0.15) is 12.6 Å². The summed E-state index contributed by atoms with van der Waals surface area (Å²) in [5.41, 5.74) is 0. The van der Waals surface area contributed by atoms with Crippen LogP contribution < -0.4 is 5.32 Å². The van der Waals surface area contributed by atoms with Crippen LogP contribution in [0.3, 0.4) is 0 Å². The van der Waals surface area contributed by atoms with Gasteiger partial charge in [-0.05, 0) is 6.42 Å². The van der Waals surface area contributed by atoms with E-state index >= 15 is 0 Å². The average Bonchev–Trinajstić information content (AvgIpc) is 2.64. The van der Waals surface area contributed by atoms with E-state index in [0.717, 1.165) is 0 Å². The van der Waals surface area contributed by atoms with Crippen molar-refractivity contribution >= 4 is 34.3 Å². The Kier molecular flexibility index (Phi) is 5.03. The number of carbonyl (C=O) groups excluding carboxylic acids is 2. The summed E-state index contributed by atoms with van der Waals surface area (Å²) in [6, 6.07) is -1.02. The van der Waals surface area contributed by atoms with Crippen molar-refractivity contribution in [2.24, 2.45) is 0 Å². The first kappa shape index (κ1) is 15.3. The zero-order valence-corrected chi connectivity index (χ0v) is 12.1. The number of nitrogens with one attached hydrogen (secondary N) is 1. The van der Waals surface area contributed by atoms with Gasteiger partial charge in [-0.25, -0.2) is 8.42 Å². The number of hydrogen-bond acceptors (Lipinski definition) is 5. The largest absolute Gasteiger partial charge is 0.344 e. The summed E-state index contributed by atoms with van der Waals surface area (Å²) < 4.78 is 22.7. The van der Waals surface area contributed by atoms with Crippen LogP contribution in [-0.2, 0) is 19.4 Å². The lowest BCUT2D eigenvalue weighted by Crippen LogP contribution is -2.51. The van der Waals surface area contributed by atoms with E-state index in [4.69, 9.17) is 0 Å². The smallest absolute Gasteiger partial charge is 0.246 e. The fraction of sp³-hybridized carbons (Fsp3) is 0.800. The van der Waals surface area contributed by atoms with Crippen molar-refractivity contribution in [1.82, 2.24) is 10.2 Å². The minimum atomic E-state index is -3.03. The molecule has 1 fully saturated rings. The van der Waals surface area contributed by atoms with E-state index in [1.165, 1.54) is 11.8 Å². The summed E-state index contributed by atoms with van der Waals surface area (Å²) in [5.74, 6) is -0.324. The van der Waals surface area contributed by atoms with Crippen molar-refractivity contribution < 1.29 is 18.0 Å². The number of nitrogens with zero attached hydrogens (tertiary/aromatic N) is 1. The molecule has 6 nitrogen and oxygen atoms in total. The Labute approximate surface area is 112 Å². The van der Waals surface area contributed by atoms with Gasteiger partial charge >= 0.3 is 0 Å². The first-order valence-electron chi connectivity index (χ1n) is 5.62. The van der Waals surface area contributed by atoms with E-state index in [0.29, 0.717) is 6.42 Å². The zero-order chi connectivity index (χ0) is 13.9. The number of thiol groups is 1. The summed E-state index contributed by atoms with van der Waals surface area (Å²) in [7, 11) is -1.47. The highest BCUT2D eigenvalue weighted by molar-refractivity contribution is 7.91. The monoisotopic (exact) mass is 294 g/mol.